The van der Waals surface area contributed by atoms with E-state index >= 15 is 0 Å². The van der Waals surface area contributed by atoms with E-state index in [0.29, 0.717) is 30.4 Å². The summed E-state index contributed by atoms with van der Waals surface area (Å²) in [5.41, 5.74) is 12.8. The number of phenolic OH excluding ortho intramolecular Hbond substituents is 1. The molecule has 0 bridgehead atoms. The molecular weight excluding hydrogens is 951 g/mol. The third kappa shape index (κ3) is 20.9. The van der Waals surface area contributed by atoms with Gasteiger partial charge in [-0.2, -0.15) is 0 Å². The summed E-state index contributed by atoms with van der Waals surface area (Å²) in [7, 11) is 0. The first-order valence-corrected chi connectivity index (χ1v) is 24.6. The van der Waals surface area contributed by atoms with Crippen molar-refractivity contribution in [1.29, 1.82) is 0 Å². The smallest absolute Gasteiger partial charge is 0.326 e. The summed E-state index contributed by atoms with van der Waals surface area (Å²) in [5.74, 6) is -10.4. The van der Waals surface area contributed by atoms with E-state index in [1.807, 2.05) is 13.8 Å². The molecule has 73 heavy (non-hydrogen) atoms. The van der Waals surface area contributed by atoms with Crippen LogP contribution < -0.4 is 43.4 Å². The molecule has 402 valence electrons. The summed E-state index contributed by atoms with van der Waals surface area (Å²) >= 11 is 0. The van der Waals surface area contributed by atoms with Gasteiger partial charge in [-0.3, -0.25) is 43.2 Å². The van der Waals surface area contributed by atoms with Crippen LogP contribution in [0.25, 0.3) is 0 Å². The first-order valence-electron chi connectivity index (χ1n) is 24.6. The Labute approximate surface area is 424 Å². The Hall–Kier alpha value is -7.14. The van der Waals surface area contributed by atoms with Gasteiger partial charge in [0.2, 0.25) is 41.4 Å². The second-order valence-corrected chi connectivity index (χ2v) is 19.1. The molecule has 7 amide bonds. The van der Waals surface area contributed by atoms with Gasteiger partial charge in [0.1, 0.15) is 48.0 Å². The lowest BCUT2D eigenvalue weighted by Gasteiger charge is -2.31. The number of likely N-dealkylation sites (tertiary alicyclic amines) is 1. The van der Waals surface area contributed by atoms with Crippen molar-refractivity contribution in [1.82, 2.24) is 36.8 Å². The maximum Gasteiger partial charge on any atom is 0.326 e. The Morgan fingerprint density at radius 2 is 1.12 bits per heavy atom. The fourth-order valence-electron chi connectivity index (χ4n) is 8.26. The topological polar surface area (TPSA) is 379 Å². The maximum atomic E-state index is 14.7. The van der Waals surface area contributed by atoms with Crippen molar-refractivity contribution in [3.05, 3.63) is 65.7 Å². The normalized spacial score (nSPS) is 16.2. The largest absolute Gasteiger partial charge is 0.508 e. The number of carbonyl (C=O) groups is 10. The van der Waals surface area contributed by atoms with Gasteiger partial charge in [-0.15, -0.1) is 0 Å². The number of benzene rings is 2. The number of nitrogens with two attached hydrogens (primary N) is 2. The summed E-state index contributed by atoms with van der Waals surface area (Å²) in [6, 6.07) is 3.25. The highest BCUT2D eigenvalue weighted by atomic mass is 16.4. The molecule has 1 fully saturated rings. The third-order valence-electron chi connectivity index (χ3n) is 12.0. The number of nitrogens with zero attached hydrogens (tertiary/aromatic N) is 1. The highest BCUT2D eigenvalue weighted by molar-refractivity contribution is 5.99. The molecule has 0 saturated carbocycles. The Bertz CT molecular complexity index is 2210. The van der Waals surface area contributed by atoms with Crippen LogP contribution in [-0.2, 0) is 60.8 Å². The molecule has 2 aromatic carbocycles. The van der Waals surface area contributed by atoms with Gasteiger partial charge in [-0.05, 0) is 93.0 Å². The predicted octanol–water partition coefficient (Wildman–Crippen LogP) is 0.0498. The van der Waals surface area contributed by atoms with Gasteiger partial charge < -0.3 is 68.7 Å². The standard InChI is InChI=1S/C50H73N9O14/c1-28(2)23-33(52)43(65)53-35(19-20-41(61)62)45(67)56-37(27-42(63)64)47(69)57-38(26-31-15-17-32(60)18-16-31)49(71)59-22-10-14-40(59)48(70)54-34(13-8-9-21-51)44(66)55-36(25-30-11-6-5-7-12-30)46(68)58-39(50(72)73)24-29(3)4/h5-7,11-12,15-18,28-29,33-40,60H,8-10,13-14,19-27,51-52H2,1-4H3,(H,53,65)(H,54,70)(H,55,66)(H,56,67)(H,57,69)(H,58,68)(H,61,62)(H,63,64)(H,72,73). The molecule has 0 aromatic heterocycles. The molecule has 23 nitrogen and oxygen atoms in total. The van der Waals surface area contributed by atoms with Gasteiger partial charge in [-0.25, -0.2) is 4.79 Å². The average molecular weight is 1020 g/mol. The highest BCUT2D eigenvalue weighted by Gasteiger charge is 2.41. The molecule has 8 atom stereocenters. The molecule has 0 spiro atoms. The Kier molecular flexibility index (Phi) is 24.7. The second kappa shape index (κ2) is 30.0. The molecule has 1 aliphatic heterocycles. The van der Waals surface area contributed by atoms with Crippen molar-refractivity contribution in [2.45, 2.75) is 153 Å². The summed E-state index contributed by atoms with van der Waals surface area (Å²) in [6.45, 7) is 7.48. The molecule has 2 aromatic rings. The number of aromatic hydroxyl groups is 1. The van der Waals surface area contributed by atoms with Gasteiger partial charge in [0.05, 0.1) is 12.5 Å². The van der Waals surface area contributed by atoms with Crippen LogP contribution in [0, 0.1) is 11.8 Å². The number of hydrogen-bond donors (Lipinski definition) is 12. The van der Waals surface area contributed by atoms with Crippen LogP contribution in [0.15, 0.2) is 54.6 Å². The van der Waals surface area contributed by atoms with Gasteiger partial charge in [0.15, 0.2) is 0 Å². The Morgan fingerprint density at radius 1 is 0.603 bits per heavy atom. The van der Waals surface area contributed by atoms with Gasteiger partial charge in [0, 0.05) is 25.8 Å². The maximum absolute atomic E-state index is 14.7. The van der Waals surface area contributed by atoms with E-state index in [0.717, 1.165) is 0 Å². The number of amides is 7. The monoisotopic (exact) mass is 1020 g/mol. The number of aliphatic carboxylic acids is 3. The number of carboxylic acids is 3. The highest BCUT2D eigenvalue weighted by Crippen LogP contribution is 2.22. The van der Waals surface area contributed by atoms with E-state index in [4.69, 9.17) is 11.5 Å². The van der Waals surface area contributed by atoms with E-state index in [-0.39, 0.29) is 69.2 Å². The van der Waals surface area contributed by atoms with Crippen molar-refractivity contribution in [2.75, 3.05) is 13.1 Å². The Balaban J connectivity index is 1.93. The fraction of sp³-hybridized carbons (Fsp3) is 0.560. The summed E-state index contributed by atoms with van der Waals surface area (Å²) in [6.07, 6.45) is -0.719. The lowest BCUT2D eigenvalue weighted by molar-refractivity contribution is -0.144. The van der Waals surface area contributed by atoms with Crippen molar-refractivity contribution < 1.29 is 68.4 Å². The zero-order valence-electron chi connectivity index (χ0n) is 41.8. The quantitative estimate of drug-likeness (QED) is 0.0444. The molecule has 23 heteroatoms. The molecule has 1 aliphatic rings. The minimum atomic E-state index is -1.88. The van der Waals surface area contributed by atoms with E-state index in [2.05, 4.69) is 31.9 Å². The van der Waals surface area contributed by atoms with E-state index < -0.39 is 127 Å². The molecule has 1 saturated heterocycles. The number of carbonyl (C=O) groups excluding carboxylic acids is 7. The lowest BCUT2D eigenvalue weighted by atomic mass is 10.0. The number of rotatable bonds is 31. The van der Waals surface area contributed by atoms with Crippen LogP contribution in [0.3, 0.4) is 0 Å². The number of unbranched alkanes of at least 4 members (excludes halogenated alkanes) is 1. The lowest BCUT2D eigenvalue weighted by Crippen LogP contribution is -2.60. The SMILES string of the molecule is CC(C)CC(N)C(=O)NC(CCC(=O)O)C(=O)NC(CC(=O)O)C(=O)NC(Cc1ccc(O)cc1)C(=O)N1CCCC1C(=O)NC(CCCCN)C(=O)NC(Cc1ccccc1)C(=O)NC(CC(C)C)C(=O)O. The van der Waals surface area contributed by atoms with Crippen LogP contribution in [0.1, 0.15) is 103 Å². The molecular formula is C50H73N9O14. The molecule has 8 unspecified atom stereocenters. The Morgan fingerprint density at radius 3 is 1.70 bits per heavy atom. The van der Waals surface area contributed by atoms with Crippen LogP contribution in [0.4, 0.5) is 0 Å². The van der Waals surface area contributed by atoms with Crippen LogP contribution in [0.5, 0.6) is 5.75 Å². The molecule has 3 rings (SSSR count). The number of hydrogen-bond acceptors (Lipinski definition) is 13. The van der Waals surface area contributed by atoms with E-state index in [9.17, 15) is 68.4 Å². The average Bonchev–Trinajstić information content (AvgIpc) is 3.82. The minimum absolute atomic E-state index is 0.00252. The zero-order valence-corrected chi connectivity index (χ0v) is 41.8. The van der Waals surface area contributed by atoms with Crippen molar-refractivity contribution >= 4 is 59.3 Å². The zero-order chi connectivity index (χ0) is 54.4. The van der Waals surface area contributed by atoms with Crippen molar-refractivity contribution in [2.24, 2.45) is 23.3 Å². The van der Waals surface area contributed by atoms with E-state index in [1.54, 1.807) is 44.2 Å². The second-order valence-electron chi connectivity index (χ2n) is 19.1. The first kappa shape index (κ1) is 60.2. The molecule has 1 heterocycles. The van der Waals surface area contributed by atoms with Gasteiger partial charge in [-0.1, -0.05) is 70.2 Å². The number of phenols is 1. The summed E-state index contributed by atoms with van der Waals surface area (Å²) < 4.78 is 0. The van der Waals surface area contributed by atoms with Gasteiger partial charge >= 0.3 is 17.9 Å². The first-order chi connectivity index (χ1) is 34.5. The molecule has 0 radical (unpaired) electrons. The van der Waals surface area contributed by atoms with Gasteiger partial charge in [0.25, 0.3) is 0 Å². The molecule has 0 aliphatic carbocycles. The van der Waals surface area contributed by atoms with Crippen LogP contribution in [0.2, 0.25) is 0 Å². The fourth-order valence-corrected chi connectivity index (χ4v) is 8.26. The number of carboxylic acid groups (broad SMARTS) is 3. The predicted molar refractivity (Wildman–Crippen MR) is 265 cm³/mol. The molecule has 14 N–H and O–H groups in total. The van der Waals surface area contributed by atoms with E-state index in [1.165, 1.54) is 29.2 Å². The van der Waals surface area contributed by atoms with Crippen LogP contribution in [-0.4, -0.2) is 146 Å². The van der Waals surface area contributed by atoms with Crippen molar-refractivity contribution in [3.63, 3.8) is 0 Å². The number of nitrogens with one attached hydrogen (secondary N) is 6. The van der Waals surface area contributed by atoms with Crippen molar-refractivity contribution in [3.8, 4) is 5.75 Å². The summed E-state index contributed by atoms with van der Waals surface area (Å²) in [5, 5.41) is 54.2. The minimum Gasteiger partial charge on any atom is -0.508 e. The summed E-state index contributed by atoms with van der Waals surface area (Å²) in [4.78, 5) is 134. The van der Waals surface area contributed by atoms with Crippen LogP contribution >= 0.6 is 0 Å². The third-order valence-corrected chi connectivity index (χ3v) is 12.0.